The lowest BCUT2D eigenvalue weighted by atomic mass is 10.2. The van der Waals surface area contributed by atoms with Crippen LogP contribution in [0.15, 0.2) is 36.4 Å². The Bertz CT molecular complexity index is 814. The molecule has 1 atom stereocenters. The summed E-state index contributed by atoms with van der Waals surface area (Å²) < 4.78 is 5.54. The molecule has 0 saturated heterocycles. The van der Waals surface area contributed by atoms with Gasteiger partial charge in [0.05, 0.1) is 5.02 Å². The fourth-order valence-corrected chi connectivity index (χ4v) is 2.75. The Morgan fingerprint density at radius 2 is 1.76 bits per heavy atom. The molecule has 0 heterocycles. The molecule has 2 aromatic rings. The first-order chi connectivity index (χ1) is 11.8. The zero-order chi connectivity index (χ0) is 18.6. The lowest BCUT2D eigenvalue weighted by Gasteiger charge is -2.17. The molecule has 0 fully saturated rings. The number of ether oxygens (including phenoxy) is 1. The van der Waals surface area contributed by atoms with Crippen LogP contribution >= 0.6 is 47.0 Å². The van der Waals surface area contributed by atoms with Gasteiger partial charge in [-0.3, -0.25) is 10.1 Å². The van der Waals surface area contributed by atoms with Gasteiger partial charge >= 0.3 is 0 Å². The molecular formula is C17H15Cl3N2O2S. The molecule has 0 spiro atoms. The van der Waals surface area contributed by atoms with Crippen molar-refractivity contribution in [1.29, 1.82) is 0 Å². The topological polar surface area (TPSA) is 50.4 Å². The Labute approximate surface area is 166 Å². The minimum atomic E-state index is -0.807. The highest BCUT2D eigenvalue weighted by atomic mass is 35.5. The van der Waals surface area contributed by atoms with Crippen molar-refractivity contribution in [3.8, 4) is 5.75 Å². The van der Waals surface area contributed by atoms with Crippen molar-refractivity contribution in [2.75, 3.05) is 5.32 Å². The predicted octanol–water partition coefficient (Wildman–Crippen LogP) is 5.24. The van der Waals surface area contributed by atoms with Crippen LogP contribution in [0.5, 0.6) is 5.75 Å². The molecule has 0 radical (unpaired) electrons. The lowest BCUT2D eigenvalue weighted by Crippen LogP contribution is -2.42. The zero-order valence-corrected chi connectivity index (χ0v) is 16.5. The van der Waals surface area contributed by atoms with Gasteiger partial charge in [0.2, 0.25) is 0 Å². The zero-order valence-electron chi connectivity index (χ0n) is 13.4. The highest BCUT2D eigenvalue weighted by molar-refractivity contribution is 7.80. The molecular weight excluding hydrogens is 403 g/mol. The van der Waals surface area contributed by atoms with Crippen molar-refractivity contribution in [3.05, 3.63) is 57.0 Å². The Hall–Kier alpha value is -1.53. The predicted molar refractivity (Wildman–Crippen MR) is 107 cm³/mol. The van der Waals surface area contributed by atoms with Crippen molar-refractivity contribution in [1.82, 2.24) is 5.32 Å². The van der Waals surface area contributed by atoms with E-state index >= 15 is 0 Å². The summed E-state index contributed by atoms with van der Waals surface area (Å²) in [4.78, 5) is 12.2. The minimum absolute atomic E-state index is 0.146. The number of hydrogen-bond acceptors (Lipinski definition) is 3. The average Bonchev–Trinajstić information content (AvgIpc) is 2.53. The summed E-state index contributed by atoms with van der Waals surface area (Å²) in [5.74, 6) is -0.0542. The molecule has 4 nitrogen and oxygen atoms in total. The molecule has 1 amide bonds. The van der Waals surface area contributed by atoms with Crippen LogP contribution in [-0.2, 0) is 4.79 Å². The van der Waals surface area contributed by atoms with Gasteiger partial charge in [-0.1, -0.05) is 40.9 Å². The maximum Gasteiger partial charge on any atom is 0.266 e. The summed E-state index contributed by atoms with van der Waals surface area (Å²) in [5, 5.41) is 7.02. The number of thiocarbonyl (C=S) groups is 1. The van der Waals surface area contributed by atoms with Gasteiger partial charge in [-0.15, -0.1) is 0 Å². The Morgan fingerprint density at radius 3 is 2.44 bits per heavy atom. The van der Waals surface area contributed by atoms with E-state index in [1.165, 1.54) is 6.07 Å². The van der Waals surface area contributed by atoms with Gasteiger partial charge < -0.3 is 10.1 Å². The first-order valence-electron chi connectivity index (χ1n) is 7.26. The van der Waals surface area contributed by atoms with Crippen molar-refractivity contribution in [2.24, 2.45) is 0 Å². The van der Waals surface area contributed by atoms with E-state index in [2.05, 4.69) is 10.6 Å². The summed E-state index contributed by atoms with van der Waals surface area (Å²) in [5.41, 5.74) is 1.66. The number of amides is 1. The van der Waals surface area contributed by atoms with Crippen LogP contribution in [0.2, 0.25) is 15.1 Å². The van der Waals surface area contributed by atoms with Crippen LogP contribution < -0.4 is 15.4 Å². The number of benzene rings is 2. The minimum Gasteiger partial charge on any atom is -0.479 e. The third-order valence-corrected chi connectivity index (χ3v) is 4.22. The summed E-state index contributed by atoms with van der Waals surface area (Å²) in [7, 11) is 0. The molecule has 0 aliphatic heterocycles. The molecule has 0 aliphatic carbocycles. The first-order valence-corrected chi connectivity index (χ1v) is 8.80. The first kappa shape index (κ1) is 19.8. The van der Waals surface area contributed by atoms with E-state index in [-0.39, 0.29) is 5.11 Å². The molecule has 0 saturated carbocycles. The van der Waals surface area contributed by atoms with Crippen LogP contribution in [0.25, 0.3) is 0 Å². The summed E-state index contributed by atoms with van der Waals surface area (Å²) in [6.07, 6.45) is -0.807. The molecule has 2 aromatic carbocycles. The fourth-order valence-electron chi connectivity index (χ4n) is 1.91. The standard InChI is InChI=1S/C17H15Cl3N2O2S/c1-9-3-4-12(19)8-14(9)21-17(25)22-16(23)10(2)24-15-6-5-11(18)7-13(15)20/h3-8,10H,1-2H3,(H2,21,22,23,25). The van der Waals surface area contributed by atoms with Gasteiger partial charge in [0.15, 0.2) is 11.2 Å². The van der Waals surface area contributed by atoms with Crippen LogP contribution in [0.3, 0.4) is 0 Å². The normalized spacial score (nSPS) is 11.6. The SMILES string of the molecule is Cc1ccc(Cl)cc1NC(=S)NC(=O)C(C)Oc1ccc(Cl)cc1Cl. The van der Waals surface area contributed by atoms with Crippen LogP contribution in [0.4, 0.5) is 5.69 Å². The molecule has 2 N–H and O–H groups in total. The van der Waals surface area contributed by atoms with Crippen LogP contribution in [-0.4, -0.2) is 17.1 Å². The third kappa shape index (κ3) is 5.75. The second kappa shape index (κ2) is 8.72. The second-order valence-electron chi connectivity index (χ2n) is 5.24. The molecule has 25 heavy (non-hydrogen) atoms. The van der Waals surface area contributed by atoms with E-state index in [0.29, 0.717) is 26.5 Å². The Balaban J connectivity index is 1.96. The van der Waals surface area contributed by atoms with E-state index in [9.17, 15) is 4.79 Å². The van der Waals surface area contributed by atoms with Gasteiger partial charge in [0.1, 0.15) is 5.75 Å². The second-order valence-corrected chi connectivity index (χ2v) is 6.93. The van der Waals surface area contributed by atoms with E-state index in [1.807, 2.05) is 13.0 Å². The number of halogens is 3. The molecule has 8 heteroatoms. The van der Waals surface area contributed by atoms with Crippen LogP contribution in [0.1, 0.15) is 12.5 Å². The Kier molecular flexibility index (Phi) is 6.90. The molecule has 132 valence electrons. The van der Waals surface area contributed by atoms with Crippen molar-refractivity contribution in [3.63, 3.8) is 0 Å². The molecule has 0 aliphatic rings. The number of hydrogen-bond donors (Lipinski definition) is 2. The quantitative estimate of drug-likeness (QED) is 0.668. The maximum atomic E-state index is 12.2. The van der Waals surface area contributed by atoms with E-state index < -0.39 is 12.0 Å². The van der Waals surface area contributed by atoms with Gasteiger partial charge in [0.25, 0.3) is 5.91 Å². The van der Waals surface area contributed by atoms with E-state index in [0.717, 1.165) is 5.56 Å². The highest BCUT2D eigenvalue weighted by Gasteiger charge is 2.17. The highest BCUT2D eigenvalue weighted by Crippen LogP contribution is 2.28. The van der Waals surface area contributed by atoms with Gasteiger partial charge in [-0.2, -0.15) is 0 Å². The lowest BCUT2D eigenvalue weighted by molar-refractivity contribution is -0.125. The molecule has 0 bridgehead atoms. The van der Waals surface area contributed by atoms with Crippen LogP contribution in [0, 0.1) is 6.92 Å². The summed E-state index contributed by atoms with van der Waals surface area (Å²) in [6.45, 7) is 3.49. The number of carbonyl (C=O) groups excluding carboxylic acids is 1. The maximum absolute atomic E-state index is 12.2. The van der Waals surface area contributed by atoms with Gasteiger partial charge in [0, 0.05) is 15.7 Å². The largest absolute Gasteiger partial charge is 0.479 e. The number of rotatable bonds is 4. The number of carbonyl (C=O) groups is 1. The van der Waals surface area contributed by atoms with Crippen molar-refractivity contribution < 1.29 is 9.53 Å². The third-order valence-electron chi connectivity index (χ3n) is 3.25. The molecule has 2 rings (SSSR count). The fraction of sp³-hybridized carbons (Fsp3) is 0.176. The monoisotopic (exact) mass is 416 g/mol. The number of aryl methyl sites for hydroxylation is 1. The van der Waals surface area contributed by atoms with Gasteiger partial charge in [-0.25, -0.2) is 0 Å². The van der Waals surface area contributed by atoms with E-state index in [1.54, 1.807) is 31.2 Å². The van der Waals surface area contributed by atoms with Gasteiger partial charge in [-0.05, 0) is 62.0 Å². The van der Waals surface area contributed by atoms with E-state index in [4.69, 9.17) is 51.8 Å². The Morgan fingerprint density at radius 1 is 1.12 bits per heavy atom. The number of anilines is 1. The van der Waals surface area contributed by atoms with Crippen molar-refractivity contribution in [2.45, 2.75) is 20.0 Å². The number of nitrogens with one attached hydrogen (secondary N) is 2. The molecule has 1 unspecified atom stereocenters. The van der Waals surface area contributed by atoms with Crippen molar-refractivity contribution >= 4 is 63.7 Å². The average molecular weight is 418 g/mol. The summed E-state index contributed by atoms with van der Waals surface area (Å²) in [6, 6.07) is 10.1. The molecule has 0 aromatic heterocycles. The smallest absolute Gasteiger partial charge is 0.266 e. The summed E-state index contributed by atoms with van der Waals surface area (Å²) >= 11 is 23.0.